The monoisotopic (exact) mass is 257 g/mol. The predicted octanol–water partition coefficient (Wildman–Crippen LogP) is -0.737. The Labute approximate surface area is 103 Å². The predicted molar refractivity (Wildman–Crippen MR) is 62.2 cm³/mol. The molecule has 0 bridgehead atoms. The van der Waals surface area contributed by atoms with Crippen molar-refractivity contribution in [3.63, 3.8) is 0 Å². The Kier molecular flexibility index (Phi) is 2.65. The number of ether oxygens (including phenoxy) is 1. The summed E-state index contributed by atoms with van der Waals surface area (Å²) in [5.41, 5.74) is 3.34. The summed E-state index contributed by atoms with van der Waals surface area (Å²) in [4.78, 5) is 2.10. The first-order valence-corrected chi connectivity index (χ1v) is 5.73. The third-order valence-electron chi connectivity index (χ3n) is 2.79. The highest BCUT2D eigenvalue weighted by molar-refractivity contribution is 6.69. The number of morpholine rings is 1. The molecule has 17 heavy (non-hydrogen) atoms. The van der Waals surface area contributed by atoms with Crippen LogP contribution in [0.4, 0.5) is 0 Å². The third-order valence-corrected chi connectivity index (χ3v) is 3.05. The lowest BCUT2D eigenvalue weighted by Crippen LogP contribution is -2.42. The van der Waals surface area contributed by atoms with E-state index in [4.69, 9.17) is 16.3 Å². The Morgan fingerprint density at radius 1 is 1.47 bits per heavy atom. The average Bonchev–Trinajstić information content (AvgIpc) is 2.71. The number of halogens is 1. The zero-order valence-electron chi connectivity index (χ0n) is 9.01. The van der Waals surface area contributed by atoms with Crippen molar-refractivity contribution in [2.45, 2.75) is 6.35 Å². The minimum Gasteiger partial charge on any atom is -0.378 e. The summed E-state index contributed by atoms with van der Waals surface area (Å²) in [6, 6.07) is 0. The fraction of sp³-hybridized carbons (Fsp3) is 0.556. The smallest absolute Gasteiger partial charge is 0.241 e. The second-order valence-electron chi connectivity index (χ2n) is 3.84. The van der Waals surface area contributed by atoms with E-state index in [1.807, 2.05) is 6.08 Å². The summed E-state index contributed by atoms with van der Waals surface area (Å²) in [5, 5.41) is 19.3. The van der Waals surface area contributed by atoms with Crippen LogP contribution in [0, 0.1) is 0 Å². The molecule has 3 aliphatic rings. The van der Waals surface area contributed by atoms with Gasteiger partial charge in [0.05, 0.1) is 18.9 Å². The van der Waals surface area contributed by atoms with Crippen molar-refractivity contribution >= 4 is 22.6 Å². The number of nitrogens with zero attached hydrogens (tertiary/aromatic N) is 4. The van der Waals surface area contributed by atoms with Crippen molar-refractivity contribution in [3.8, 4) is 0 Å². The van der Waals surface area contributed by atoms with E-state index in [0.29, 0.717) is 24.2 Å². The van der Waals surface area contributed by atoms with Gasteiger partial charge in [-0.1, -0.05) is 11.6 Å². The van der Waals surface area contributed by atoms with Gasteiger partial charge in [0, 0.05) is 19.2 Å². The molecule has 2 N–H and O–H groups in total. The number of amidine groups is 1. The minimum atomic E-state index is -0.943. The Bertz CT molecular complexity index is 416. The maximum atomic E-state index is 9.51. The van der Waals surface area contributed by atoms with Crippen LogP contribution < -0.4 is 5.43 Å². The van der Waals surface area contributed by atoms with E-state index in [0.717, 1.165) is 18.8 Å². The third kappa shape index (κ3) is 1.86. The maximum absolute atomic E-state index is 9.51. The molecule has 8 heteroatoms. The van der Waals surface area contributed by atoms with Gasteiger partial charge < -0.3 is 14.7 Å². The molecule has 0 amide bonds. The topological polar surface area (TPSA) is 72.7 Å². The molecule has 0 aromatic rings. The molecular weight excluding hydrogens is 246 g/mol. The van der Waals surface area contributed by atoms with E-state index in [9.17, 15) is 5.11 Å². The maximum Gasteiger partial charge on any atom is 0.241 e. The van der Waals surface area contributed by atoms with Gasteiger partial charge in [-0.25, -0.2) is 0 Å². The van der Waals surface area contributed by atoms with Gasteiger partial charge in [0.25, 0.3) is 0 Å². The SMILES string of the molecule is OC1NN=C2C=C(N3CCOCC3)C(Cl)=NN21. The van der Waals surface area contributed by atoms with Crippen LogP contribution in [0.1, 0.15) is 0 Å². The first-order chi connectivity index (χ1) is 8.25. The Morgan fingerprint density at radius 3 is 3.00 bits per heavy atom. The highest BCUT2D eigenvalue weighted by Crippen LogP contribution is 2.21. The van der Waals surface area contributed by atoms with Crippen molar-refractivity contribution in [1.29, 1.82) is 0 Å². The molecule has 0 aliphatic carbocycles. The molecule has 1 unspecified atom stereocenters. The number of aliphatic hydroxyl groups is 1. The molecule has 1 atom stereocenters. The van der Waals surface area contributed by atoms with E-state index in [1.54, 1.807) is 0 Å². The van der Waals surface area contributed by atoms with Crippen LogP contribution in [0.25, 0.3) is 0 Å². The van der Waals surface area contributed by atoms with Gasteiger partial charge >= 0.3 is 0 Å². The quantitative estimate of drug-likeness (QED) is 0.648. The van der Waals surface area contributed by atoms with Crippen molar-refractivity contribution in [1.82, 2.24) is 15.3 Å². The lowest BCUT2D eigenvalue weighted by atomic mass is 10.3. The number of rotatable bonds is 1. The molecule has 1 fully saturated rings. The fourth-order valence-corrected chi connectivity index (χ4v) is 2.17. The number of allylic oxidation sites excluding steroid dienone is 1. The molecule has 1 saturated heterocycles. The molecule has 3 aliphatic heterocycles. The Hall–Kier alpha value is -1.31. The summed E-state index contributed by atoms with van der Waals surface area (Å²) in [6.07, 6.45) is 0.866. The van der Waals surface area contributed by atoms with E-state index in [1.165, 1.54) is 5.01 Å². The zero-order valence-corrected chi connectivity index (χ0v) is 9.76. The molecular formula is C9H12ClN5O2. The summed E-state index contributed by atoms with van der Waals surface area (Å²) in [5.74, 6) is 0.559. The van der Waals surface area contributed by atoms with Crippen molar-refractivity contribution < 1.29 is 9.84 Å². The van der Waals surface area contributed by atoms with Gasteiger partial charge in [0.1, 0.15) is 0 Å². The van der Waals surface area contributed by atoms with Crippen LogP contribution in [0.15, 0.2) is 22.0 Å². The van der Waals surface area contributed by atoms with Crippen LogP contribution in [-0.2, 0) is 4.74 Å². The summed E-state index contributed by atoms with van der Waals surface area (Å²) < 4.78 is 5.28. The lowest BCUT2D eigenvalue weighted by molar-refractivity contribution is 0.0413. The molecule has 0 saturated carbocycles. The number of aliphatic hydroxyl groups excluding tert-OH is 1. The Balaban J connectivity index is 1.85. The first kappa shape index (κ1) is 10.8. The largest absolute Gasteiger partial charge is 0.378 e. The molecule has 92 valence electrons. The first-order valence-electron chi connectivity index (χ1n) is 5.35. The van der Waals surface area contributed by atoms with E-state index >= 15 is 0 Å². The zero-order chi connectivity index (χ0) is 11.8. The normalized spacial score (nSPS) is 28.1. The number of hydrogen-bond donors (Lipinski definition) is 2. The van der Waals surface area contributed by atoms with E-state index < -0.39 is 6.35 Å². The van der Waals surface area contributed by atoms with E-state index in [-0.39, 0.29) is 0 Å². The van der Waals surface area contributed by atoms with Crippen molar-refractivity contribution in [3.05, 3.63) is 11.8 Å². The van der Waals surface area contributed by atoms with Crippen LogP contribution in [0.5, 0.6) is 0 Å². The van der Waals surface area contributed by atoms with Gasteiger partial charge in [-0.2, -0.15) is 15.2 Å². The fourth-order valence-electron chi connectivity index (χ4n) is 1.91. The number of hydrogen-bond acceptors (Lipinski definition) is 7. The summed E-state index contributed by atoms with van der Waals surface area (Å²) >= 11 is 6.11. The van der Waals surface area contributed by atoms with Crippen molar-refractivity contribution in [2.24, 2.45) is 10.2 Å². The summed E-state index contributed by atoms with van der Waals surface area (Å²) in [6.45, 7) is 2.92. The second-order valence-corrected chi connectivity index (χ2v) is 4.20. The van der Waals surface area contributed by atoms with Gasteiger partial charge in [-0.15, -0.1) is 0 Å². The molecule has 0 radical (unpaired) electrons. The molecule has 7 nitrogen and oxygen atoms in total. The van der Waals surface area contributed by atoms with Crippen molar-refractivity contribution in [2.75, 3.05) is 26.3 Å². The van der Waals surface area contributed by atoms with Crippen LogP contribution in [-0.4, -0.2) is 58.7 Å². The van der Waals surface area contributed by atoms with Gasteiger partial charge in [-0.3, -0.25) is 5.43 Å². The number of nitrogens with one attached hydrogen (secondary N) is 1. The molecule has 0 aromatic heterocycles. The second kappa shape index (κ2) is 4.17. The summed E-state index contributed by atoms with van der Waals surface area (Å²) in [7, 11) is 0. The average molecular weight is 258 g/mol. The number of fused-ring (bicyclic) bond motifs is 1. The van der Waals surface area contributed by atoms with Gasteiger partial charge in [0.2, 0.25) is 6.35 Å². The minimum absolute atomic E-state index is 0.355. The Morgan fingerprint density at radius 2 is 2.24 bits per heavy atom. The van der Waals surface area contributed by atoms with Crippen LogP contribution in [0.3, 0.4) is 0 Å². The van der Waals surface area contributed by atoms with E-state index in [2.05, 4.69) is 20.5 Å². The van der Waals surface area contributed by atoms with Gasteiger partial charge in [-0.05, 0) is 0 Å². The molecule has 3 rings (SSSR count). The molecule has 0 aromatic carbocycles. The van der Waals surface area contributed by atoms with Crippen LogP contribution in [0.2, 0.25) is 0 Å². The highest BCUT2D eigenvalue weighted by atomic mass is 35.5. The standard InChI is InChI=1S/C9H12ClN5O2/c10-8-6(14-1-3-17-4-2-14)5-7-11-12-9(16)15(7)13-8/h5,9,12,16H,1-4H2. The van der Waals surface area contributed by atoms with Gasteiger partial charge in [0.15, 0.2) is 11.0 Å². The number of hydrazone groups is 2. The molecule has 0 spiro atoms. The molecule has 3 heterocycles. The van der Waals surface area contributed by atoms with Crippen LogP contribution >= 0.6 is 11.6 Å². The lowest BCUT2D eigenvalue weighted by Gasteiger charge is -2.32. The highest BCUT2D eigenvalue weighted by Gasteiger charge is 2.31.